The molecule has 1 rings (SSSR count). The average Bonchev–Trinajstić information content (AvgIpc) is 2.28. The summed E-state index contributed by atoms with van der Waals surface area (Å²) in [7, 11) is 0. The van der Waals surface area contributed by atoms with Crippen molar-refractivity contribution in [2.75, 3.05) is 6.61 Å². The molecule has 0 amide bonds. The van der Waals surface area contributed by atoms with Crippen LogP contribution < -0.4 is 5.73 Å². The molecule has 0 radical (unpaired) electrons. The number of aromatic nitrogens is 2. The number of hydrogen-bond donors (Lipinski definition) is 1. The molecular weight excluding hydrogens is 266 g/mol. The maximum atomic E-state index is 12.6. The summed E-state index contributed by atoms with van der Waals surface area (Å²) in [5.41, 5.74) is 6.99. The molecule has 0 unspecified atom stereocenters. The van der Waals surface area contributed by atoms with Gasteiger partial charge in [-0.25, -0.2) is 18.7 Å². The van der Waals surface area contributed by atoms with Gasteiger partial charge in [0.2, 0.25) is 0 Å². The van der Waals surface area contributed by atoms with Gasteiger partial charge in [-0.15, -0.1) is 0 Å². The van der Waals surface area contributed by atoms with Gasteiger partial charge in [0, 0.05) is 23.5 Å². The van der Waals surface area contributed by atoms with Gasteiger partial charge in [0.25, 0.3) is 0 Å². The molecule has 1 atom stereocenters. The highest BCUT2D eigenvalue weighted by molar-refractivity contribution is 5.19. The Kier molecular flexibility index (Phi) is 5.19. The van der Waals surface area contributed by atoms with Gasteiger partial charge in [0.1, 0.15) is 13.2 Å². The molecule has 0 saturated carbocycles. The van der Waals surface area contributed by atoms with Crippen molar-refractivity contribution in [2.45, 2.75) is 38.8 Å². The molecule has 1 aromatic rings. The van der Waals surface area contributed by atoms with Gasteiger partial charge in [-0.1, -0.05) is 0 Å². The number of rotatable bonds is 6. The van der Waals surface area contributed by atoms with Crippen LogP contribution in [0.25, 0.3) is 0 Å². The summed E-state index contributed by atoms with van der Waals surface area (Å²) in [5.74, 6) is -4.02. The fourth-order valence-corrected chi connectivity index (χ4v) is 1.38. The van der Waals surface area contributed by atoms with Crippen LogP contribution in [0, 0.1) is 6.92 Å². The van der Waals surface area contributed by atoms with E-state index in [1.54, 1.807) is 13.8 Å². The van der Waals surface area contributed by atoms with Crippen LogP contribution in [-0.4, -0.2) is 28.9 Å². The second-order valence-electron chi connectivity index (χ2n) is 4.17. The number of halogens is 4. The summed E-state index contributed by atoms with van der Waals surface area (Å²) in [6, 6.07) is -0.252. The predicted octanol–water partition coefficient (Wildman–Crippen LogP) is 2.22. The minimum atomic E-state index is -4.17. The quantitative estimate of drug-likeness (QED) is 0.812. The molecule has 1 heterocycles. The van der Waals surface area contributed by atoms with Crippen molar-refractivity contribution >= 4 is 0 Å². The fourth-order valence-electron chi connectivity index (χ4n) is 1.38. The van der Waals surface area contributed by atoms with Crippen molar-refractivity contribution in [2.24, 2.45) is 5.73 Å². The Morgan fingerprint density at radius 1 is 1.42 bits per heavy atom. The van der Waals surface area contributed by atoms with E-state index in [0.717, 1.165) is 5.56 Å². The Hall–Kier alpha value is -1.28. The van der Waals surface area contributed by atoms with Crippen molar-refractivity contribution < 1.29 is 22.3 Å². The van der Waals surface area contributed by atoms with E-state index >= 15 is 0 Å². The van der Waals surface area contributed by atoms with Crippen molar-refractivity contribution in [3.8, 4) is 0 Å². The third kappa shape index (κ3) is 4.39. The zero-order valence-corrected chi connectivity index (χ0v) is 10.5. The first kappa shape index (κ1) is 15.8. The SMILES string of the molecule is Cc1nc(COCC(F)(F)C(F)F)ncc1[C@@H](C)N. The first-order valence-corrected chi connectivity index (χ1v) is 5.55. The van der Waals surface area contributed by atoms with E-state index in [-0.39, 0.29) is 18.5 Å². The van der Waals surface area contributed by atoms with Crippen LogP contribution in [-0.2, 0) is 11.3 Å². The monoisotopic (exact) mass is 281 g/mol. The molecule has 0 aliphatic heterocycles. The number of ether oxygens (including phenoxy) is 1. The lowest BCUT2D eigenvalue weighted by molar-refractivity contribution is -0.168. The summed E-state index contributed by atoms with van der Waals surface area (Å²) in [5, 5.41) is 0. The van der Waals surface area contributed by atoms with Crippen molar-refractivity contribution in [1.29, 1.82) is 0 Å². The Labute approximate surface area is 108 Å². The summed E-state index contributed by atoms with van der Waals surface area (Å²) in [6.45, 7) is 1.72. The molecule has 0 saturated heterocycles. The van der Waals surface area contributed by atoms with Crippen LogP contribution in [0.3, 0.4) is 0 Å². The highest BCUT2D eigenvalue weighted by Gasteiger charge is 2.40. The van der Waals surface area contributed by atoms with Gasteiger partial charge >= 0.3 is 12.3 Å². The first-order chi connectivity index (χ1) is 8.74. The molecule has 0 aliphatic carbocycles. The number of nitrogens with two attached hydrogens (primary N) is 1. The number of alkyl halides is 4. The molecule has 2 N–H and O–H groups in total. The zero-order chi connectivity index (χ0) is 14.6. The minimum Gasteiger partial charge on any atom is -0.367 e. The lowest BCUT2D eigenvalue weighted by Gasteiger charge is -2.15. The second-order valence-corrected chi connectivity index (χ2v) is 4.17. The molecule has 0 bridgehead atoms. The van der Waals surface area contributed by atoms with Gasteiger partial charge in [-0.3, -0.25) is 0 Å². The van der Waals surface area contributed by atoms with Crippen molar-refractivity contribution in [3.63, 3.8) is 0 Å². The Morgan fingerprint density at radius 2 is 2.05 bits per heavy atom. The average molecular weight is 281 g/mol. The van der Waals surface area contributed by atoms with Gasteiger partial charge in [0.15, 0.2) is 5.82 Å². The number of nitrogens with zero attached hydrogens (tertiary/aromatic N) is 2. The summed E-state index contributed by atoms with van der Waals surface area (Å²) in [4.78, 5) is 7.89. The highest BCUT2D eigenvalue weighted by atomic mass is 19.3. The topological polar surface area (TPSA) is 61.0 Å². The molecule has 0 aliphatic rings. The van der Waals surface area contributed by atoms with E-state index in [1.165, 1.54) is 6.20 Å². The predicted molar refractivity (Wildman–Crippen MR) is 60.0 cm³/mol. The zero-order valence-electron chi connectivity index (χ0n) is 10.5. The molecule has 108 valence electrons. The van der Waals surface area contributed by atoms with Crippen LogP contribution in [0.4, 0.5) is 17.6 Å². The second kappa shape index (κ2) is 6.25. The molecule has 0 spiro atoms. The number of hydrogen-bond acceptors (Lipinski definition) is 4. The molecule has 4 nitrogen and oxygen atoms in total. The Balaban J connectivity index is 2.58. The molecule has 19 heavy (non-hydrogen) atoms. The van der Waals surface area contributed by atoms with Crippen LogP contribution >= 0.6 is 0 Å². The Bertz CT molecular complexity index is 426. The van der Waals surface area contributed by atoms with Crippen LogP contribution in [0.1, 0.15) is 30.0 Å². The molecule has 1 aromatic heterocycles. The van der Waals surface area contributed by atoms with Gasteiger partial charge in [0.05, 0.1) is 0 Å². The summed E-state index contributed by atoms with van der Waals surface area (Å²) < 4.78 is 53.4. The van der Waals surface area contributed by atoms with Gasteiger partial charge < -0.3 is 10.5 Å². The lowest BCUT2D eigenvalue weighted by Crippen LogP contribution is -2.32. The van der Waals surface area contributed by atoms with E-state index in [9.17, 15) is 17.6 Å². The highest BCUT2D eigenvalue weighted by Crippen LogP contribution is 2.23. The van der Waals surface area contributed by atoms with E-state index < -0.39 is 19.0 Å². The third-order valence-corrected chi connectivity index (χ3v) is 2.40. The first-order valence-electron chi connectivity index (χ1n) is 5.55. The van der Waals surface area contributed by atoms with E-state index in [1.807, 2.05) is 0 Å². The van der Waals surface area contributed by atoms with Crippen LogP contribution in [0.2, 0.25) is 0 Å². The van der Waals surface area contributed by atoms with Crippen LogP contribution in [0.15, 0.2) is 6.20 Å². The standard InChI is InChI=1S/C11H15F4N3O/c1-6(16)8-3-17-9(18-7(8)2)4-19-5-11(14,15)10(12)13/h3,6,10H,4-5,16H2,1-2H3/t6-/m1/s1. The minimum absolute atomic E-state index is 0.145. The van der Waals surface area contributed by atoms with Gasteiger partial charge in [-0.05, 0) is 13.8 Å². The smallest absolute Gasteiger partial charge is 0.330 e. The van der Waals surface area contributed by atoms with E-state index in [4.69, 9.17) is 5.73 Å². The van der Waals surface area contributed by atoms with E-state index in [2.05, 4.69) is 14.7 Å². The largest absolute Gasteiger partial charge is 0.367 e. The van der Waals surface area contributed by atoms with Crippen molar-refractivity contribution in [3.05, 3.63) is 23.3 Å². The maximum absolute atomic E-state index is 12.6. The molecule has 0 aromatic carbocycles. The molecule has 0 fully saturated rings. The maximum Gasteiger partial charge on any atom is 0.330 e. The van der Waals surface area contributed by atoms with Crippen LogP contribution in [0.5, 0.6) is 0 Å². The Morgan fingerprint density at radius 3 is 2.53 bits per heavy atom. The van der Waals surface area contributed by atoms with E-state index in [0.29, 0.717) is 5.69 Å². The molecular formula is C11H15F4N3O. The van der Waals surface area contributed by atoms with Crippen molar-refractivity contribution in [1.82, 2.24) is 9.97 Å². The molecule has 8 heteroatoms. The third-order valence-electron chi connectivity index (χ3n) is 2.40. The lowest BCUT2D eigenvalue weighted by atomic mass is 10.1. The summed E-state index contributed by atoms with van der Waals surface area (Å²) in [6.07, 6.45) is -2.28. The fraction of sp³-hybridized carbons (Fsp3) is 0.636. The normalized spacial score (nSPS) is 13.9. The van der Waals surface area contributed by atoms with Gasteiger partial charge in [-0.2, -0.15) is 8.78 Å². The number of aryl methyl sites for hydroxylation is 1. The summed E-state index contributed by atoms with van der Waals surface area (Å²) >= 11 is 0.